The van der Waals surface area contributed by atoms with Gasteiger partial charge in [-0.25, -0.2) is 4.39 Å². The van der Waals surface area contributed by atoms with Gasteiger partial charge in [0, 0.05) is 17.4 Å². The van der Waals surface area contributed by atoms with Gasteiger partial charge in [0.05, 0.1) is 16.6 Å². The quantitative estimate of drug-likeness (QED) is 0.625. The first-order chi connectivity index (χ1) is 12.0. The number of carbonyl (C=O) groups is 1. The second-order valence-corrected chi connectivity index (χ2v) is 6.66. The largest absolute Gasteiger partial charge is 0.332 e. The van der Waals surface area contributed by atoms with Crippen LogP contribution in [0.4, 0.5) is 10.1 Å². The van der Waals surface area contributed by atoms with Gasteiger partial charge >= 0.3 is 0 Å². The van der Waals surface area contributed by atoms with E-state index in [9.17, 15) is 14.0 Å². The molecule has 8 heteroatoms. The molecular weight excluding hydrogens is 409 g/mol. The molecule has 25 heavy (non-hydrogen) atoms. The number of hydrogen-bond acceptors (Lipinski definition) is 3. The maximum atomic E-state index is 13.7. The number of H-pyrrole nitrogens is 1. The summed E-state index contributed by atoms with van der Waals surface area (Å²) in [5.41, 5.74) is 0.464. The molecule has 1 aromatic heterocycles. The SMILES string of the molecule is O=C(CCn1c(=S)[nH]c2ccccc2c1=O)Nc1cc(Br)ccc1F. The average Bonchev–Trinajstić information content (AvgIpc) is 2.58. The van der Waals surface area contributed by atoms with Gasteiger partial charge in [-0.2, -0.15) is 0 Å². The van der Waals surface area contributed by atoms with Crippen molar-refractivity contribution in [3.63, 3.8) is 0 Å². The standard InChI is InChI=1S/C17H13BrFN3O2S/c18-10-5-6-12(19)14(9-10)20-15(23)7-8-22-16(24)11-3-1-2-4-13(11)21-17(22)25/h1-6,9H,7-8H2,(H,20,23)(H,21,25). The summed E-state index contributed by atoms with van der Waals surface area (Å²) in [5, 5.41) is 2.99. The Labute approximate surface area is 155 Å². The highest BCUT2D eigenvalue weighted by atomic mass is 79.9. The highest BCUT2D eigenvalue weighted by molar-refractivity contribution is 9.10. The zero-order chi connectivity index (χ0) is 18.0. The number of carbonyl (C=O) groups excluding carboxylic acids is 1. The smallest absolute Gasteiger partial charge is 0.262 e. The van der Waals surface area contributed by atoms with Gasteiger partial charge in [-0.1, -0.05) is 28.1 Å². The van der Waals surface area contributed by atoms with Crippen molar-refractivity contribution >= 4 is 50.6 Å². The monoisotopic (exact) mass is 421 g/mol. The van der Waals surface area contributed by atoms with E-state index in [4.69, 9.17) is 12.2 Å². The zero-order valence-corrected chi connectivity index (χ0v) is 15.3. The minimum atomic E-state index is -0.531. The van der Waals surface area contributed by atoms with E-state index in [-0.39, 0.29) is 29.0 Å². The van der Waals surface area contributed by atoms with E-state index in [1.807, 2.05) is 0 Å². The Morgan fingerprint density at radius 1 is 1.28 bits per heavy atom. The van der Waals surface area contributed by atoms with Gasteiger partial charge in [0.15, 0.2) is 4.77 Å². The van der Waals surface area contributed by atoms with E-state index < -0.39 is 11.7 Å². The molecule has 2 aromatic carbocycles. The number of halogens is 2. The van der Waals surface area contributed by atoms with Gasteiger partial charge in [-0.3, -0.25) is 14.2 Å². The predicted molar refractivity (Wildman–Crippen MR) is 101 cm³/mol. The summed E-state index contributed by atoms with van der Waals surface area (Å²) in [6.45, 7) is 0.0977. The van der Waals surface area contributed by atoms with Gasteiger partial charge in [-0.05, 0) is 42.5 Å². The molecule has 0 unspecified atom stereocenters. The number of para-hydroxylation sites is 1. The summed E-state index contributed by atoms with van der Waals surface area (Å²) in [5.74, 6) is -0.942. The van der Waals surface area contributed by atoms with Crippen molar-refractivity contribution in [2.24, 2.45) is 0 Å². The maximum absolute atomic E-state index is 13.7. The van der Waals surface area contributed by atoms with Crippen molar-refractivity contribution in [2.45, 2.75) is 13.0 Å². The molecule has 5 nitrogen and oxygen atoms in total. The van der Waals surface area contributed by atoms with Crippen molar-refractivity contribution in [3.05, 3.63) is 67.9 Å². The number of benzene rings is 2. The number of rotatable bonds is 4. The molecule has 1 heterocycles. The van der Waals surface area contributed by atoms with E-state index in [0.29, 0.717) is 15.4 Å². The minimum Gasteiger partial charge on any atom is -0.332 e. The third kappa shape index (κ3) is 3.85. The highest BCUT2D eigenvalue weighted by Crippen LogP contribution is 2.20. The molecule has 2 N–H and O–H groups in total. The summed E-state index contributed by atoms with van der Waals surface area (Å²) in [6, 6.07) is 11.3. The molecule has 0 spiro atoms. The molecule has 128 valence electrons. The second-order valence-electron chi connectivity index (χ2n) is 5.35. The molecule has 0 aliphatic heterocycles. The number of aromatic amines is 1. The van der Waals surface area contributed by atoms with Crippen LogP contribution in [0.2, 0.25) is 0 Å². The number of amides is 1. The Hall–Kier alpha value is -2.32. The first-order valence-electron chi connectivity index (χ1n) is 7.42. The van der Waals surface area contributed by atoms with Gasteiger partial charge in [0.25, 0.3) is 5.56 Å². The lowest BCUT2D eigenvalue weighted by atomic mass is 10.2. The molecule has 0 aliphatic carbocycles. The third-order valence-corrected chi connectivity index (χ3v) is 4.47. The Morgan fingerprint density at radius 2 is 2.04 bits per heavy atom. The lowest BCUT2D eigenvalue weighted by molar-refractivity contribution is -0.116. The second kappa shape index (κ2) is 7.28. The van der Waals surface area contributed by atoms with Crippen LogP contribution < -0.4 is 10.9 Å². The van der Waals surface area contributed by atoms with E-state index in [0.717, 1.165) is 0 Å². The number of fused-ring (bicyclic) bond motifs is 1. The van der Waals surface area contributed by atoms with E-state index in [1.165, 1.54) is 16.7 Å². The molecule has 0 radical (unpaired) electrons. The molecule has 0 saturated carbocycles. The summed E-state index contributed by atoms with van der Waals surface area (Å²) >= 11 is 8.42. The van der Waals surface area contributed by atoms with Crippen molar-refractivity contribution < 1.29 is 9.18 Å². The topological polar surface area (TPSA) is 66.9 Å². The lowest BCUT2D eigenvalue weighted by Crippen LogP contribution is -2.25. The Bertz CT molecular complexity index is 1080. The number of hydrogen-bond donors (Lipinski definition) is 2. The molecule has 0 bridgehead atoms. The molecule has 1 amide bonds. The Morgan fingerprint density at radius 3 is 2.84 bits per heavy atom. The van der Waals surface area contributed by atoms with Gasteiger partial charge in [-0.15, -0.1) is 0 Å². The fraction of sp³-hybridized carbons (Fsp3) is 0.118. The van der Waals surface area contributed by atoms with Crippen LogP contribution >= 0.6 is 28.1 Å². The fourth-order valence-corrected chi connectivity index (χ4v) is 3.07. The van der Waals surface area contributed by atoms with Crippen LogP contribution in [0, 0.1) is 10.6 Å². The summed E-state index contributed by atoms with van der Waals surface area (Å²) in [7, 11) is 0. The van der Waals surface area contributed by atoms with Crippen molar-refractivity contribution in [1.29, 1.82) is 0 Å². The summed E-state index contributed by atoms with van der Waals surface area (Å²) in [4.78, 5) is 27.5. The Kier molecular flexibility index (Phi) is 5.10. The normalized spacial score (nSPS) is 10.8. The van der Waals surface area contributed by atoms with Crippen LogP contribution in [-0.4, -0.2) is 15.5 Å². The Balaban J connectivity index is 1.78. The predicted octanol–water partition coefficient (Wildman–Crippen LogP) is 3.99. The van der Waals surface area contributed by atoms with E-state index >= 15 is 0 Å². The molecule has 3 aromatic rings. The molecular formula is C17H13BrFN3O2S. The third-order valence-electron chi connectivity index (χ3n) is 3.65. The van der Waals surface area contributed by atoms with Crippen LogP contribution in [-0.2, 0) is 11.3 Å². The van der Waals surface area contributed by atoms with Crippen molar-refractivity contribution in [1.82, 2.24) is 9.55 Å². The van der Waals surface area contributed by atoms with Crippen LogP contribution in [0.25, 0.3) is 10.9 Å². The van der Waals surface area contributed by atoms with Crippen LogP contribution in [0.3, 0.4) is 0 Å². The van der Waals surface area contributed by atoms with Gasteiger partial charge in [0.2, 0.25) is 5.91 Å². The van der Waals surface area contributed by atoms with Crippen LogP contribution in [0.5, 0.6) is 0 Å². The van der Waals surface area contributed by atoms with Gasteiger partial charge in [0.1, 0.15) is 5.82 Å². The summed E-state index contributed by atoms with van der Waals surface area (Å²) < 4.78 is 15.9. The van der Waals surface area contributed by atoms with Crippen LogP contribution in [0.15, 0.2) is 51.7 Å². The van der Waals surface area contributed by atoms with E-state index in [1.54, 1.807) is 30.3 Å². The number of nitrogens with zero attached hydrogens (tertiary/aromatic N) is 1. The number of nitrogens with one attached hydrogen (secondary N) is 2. The fourth-order valence-electron chi connectivity index (χ4n) is 2.42. The minimum absolute atomic E-state index is 0.0122. The van der Waals surface area contributed by atoms with Gasteiger partial charge < -0.3 is 10.3 Å². The van der Waals surface area contributed by atoms with E-state index in [2.05, 4.69) is 26.2 Å². The molecule has 0 aliphatic rings. The zero-order valence-electron chi connectivity index (χ0n) is 12.9. The van der Waals surface area contributed by atoms with Crippen molar-refractivity contribution in [2.75, 3.05) is 5.32 Å². The van der Waals surface area contributed by atoms with Crippen molar-refractivity contribution in [3.8, 4) is 0 Å². The first-order valence-corrected chi connectivity index (χ1v) is 8.62. The molecule has 0 atom stereocenters. The summed E-state index contributed by atoms with van der Waals surface area (Å²) in [6.07, 6.45) is -0.0122. The highest BCUT2D eigenvalue weighted by Gasteiger charge is 2.10. The lowest BCUT2D eigenvalue weighted by Gasteiger charge is -2.09. The molecule has 0 fully saturated rings. The van der Waals surface area contributed by atoms with Crippen LogP contribution in [0.1, 0.15) is 6.42 Å². The average molecular weight is 422 g/mol. The first kappa shape index (κ1) is 17.5. The number of anilines is 1. The number of aromatic nitrogens is 2. The maximum Gasteiger partial charge on any atom is 0.262 e. The molecule has 0 saturated heterocycles. The molecule has 3 rings (SSSR count).